The number of nitrogen functional groups attached to an aromatic ring is 1. The third-order valence-electron chi connectivity index (χ3n) is 2.83. The Bertz CT molecular complexity index is 800. The monoisotopic (exact) mass is 303 g/mol. The van der Waals surface area contributed by atoms with Gasteiger partial charge >= 0.3 is 0 Å². The molecule has 0 saturated heterocycles. The zero-order valence-electron chi connectivity index (χ0n) is 10.3. The van der Waals surface area contributed by atoms with Crippen LogP contribution in [0.25, 0.3) is 10.2 Å². The fourth-order valence-corrected chi connectivity index (χ4v) is 2.84. The molecule has 0 bridgehead atoms. The Morgan fingerprint density at radius 3 is 2.90 bits per heavy atom. The summed E-state index contributed by atoms with van der Waals surface area (Å²) in [5.74, 6) is -0.265. The number of carbonyl (C=O) groups is 1. The highest BCUT2D eigenvalue weighted by atomic mass is 35.5. The van der Waals surface area contributed by atoms with Crippen molar-refractivity contribution in [3.63, 3.8) is 0 Å². The number of amides is 1. The Hall–Kier alpha value is -2.11. The number of thiazole rings is 1. The molecule has 0 aliphatic carbocycles. The Morgan fingerprint density at radius 1 is 1.25 bits per heavy atom. The Labute approximate surface area is 124 Å². The molecular weight excluding hydrogens is 294 g/mol. The maximum Gasteiger partial charge on any atom is 0.257 e. The zero-order valence-corrected chi connectivity index (χ0v) is 11.8. The van der Waals surface area contributed by atoms with Crippen LogP contribution in [0.2, 0.25) is 5.02 Å². The number of benzene rings is 2. The minimum absolute atomic E-state index is 0.265. The van der Waals surface area contributed by atoms with Crippen molar-refractivity contribution in [2.75, 3.05) is 11.1 Å². The molecule has 0 aliphatic rings. The molecule has 0 unspecified atom stereocenters. The van der Waals surface area contributed by atoms with Gasteiger partial charge in [-0.3, -0.25) is 4.79 Å². The molecule has 3 N–H and O–H groups in total. The van der Waals surface area contributed by atoms with Gasteiger partial charge in [0.25, 0.3) is 5.91 Å². The van der Waals surface area contributed by atoms with E-state index in [1.807, 2.05) is 18.2 Å². The normalized spacial score (nSPS) is 10.7. The van der Waals surface area contributed by atoms with Crippen molar-refractivity contribution >= 4 is 50.4 Å². The van der Waals surface area contributed by atoms with Crippen molar-refractivity contribution in [3.05, 3.63) is 52.5 Å². The molecule has 1 amide bonds. The molecule has 20 heavy (non-hydrogen) atoms. The predicted molar refractivity (Wildman–Crippen MR) is 83.4 cm³/mol. The van der Waals surface area contributed by atoms with E-state index in [4.69, 9.17) is 17.3 Å². The van der Waals surface area contributed by atoms with E-state index in [0.29, 0.717) is 22.0 Å². The van der Waals surface area contributed by atoms with Gasteiger partial charge in [0, 0.05) is 11.4 Å². The van der Waals surface area contributed by atoms with E-state index in [1.54, 1.807) is 23.7 Å². The number of aromatic nitrogens is 1. The van der Waals surface area contributed by atoms with Gasteiger partial charge in [-0.15, -0.1) is 11.3 Å². The van der Waals surface area contributed by atoms with Crippen LogP contribution in [0.1, 0.15) is 10.4 Å². The first-order valence-electron chi connectivity index (χ1n) is 5.83. The molecule has 4 nitrogen and oxygen atoms in total. The lowest BCUT2D eigenvalue weighted by Crippen LogP contribution is -2.12. The van der Waals surface area contributed by atoms with Crippen molar-refractivity contribution in [2.24, 2.45) is 0 Å². The fraction of sp³-hybridized carbons (Fsp3) is 0. The SMILES string of the molecule is Nc1ccc(C(=O)Nc2ccc3ncsc3c2)c(Cl)c1. The lowest BCUT2D eigenvalue weighted by Gasteiger charge is -2.07. The Balaban J connectivity index is 1.87. The zero-order chi connectivity index (χ0) is 14.1. The summed E-state index contributed by atoms with van der Waals surface area (Å²) in [5, 5.41) is 3.15. The van der Waals surface area contributed by atoms with Gasteiger partial charge in [-0.25, -0.2) is 4.98 Å². The van der Waals surface area contributed by atoms with E-state index >= 15 is 0 Å². The summed E-state index contributed by atoms with van der Waals surface area (Å²) in [5.41, 5.74) is 9.92. The summed E-state index contributed by atoms with van der Waals surface area (Å²) in [4.78, 5) is 16.4. The summed E-state index contributed by atoms with van der Waals surface area (Å²) in [6, 6.07) is 10.4. The van der Waals surface area contributed by atoms with Gasteiger partial charge in [0.1, 0.15) is 0 Å². The number of carbonyl (C=O) groups excluding carboxylic acids is 1. The molecule has 6 heteroatoms. The van der Waals surface area contributed by atoms with Crippen LogP contribution in [-0.4, -0.2) is 10.9 Å². The lowest BCUT2D eigenvalue weighted by molar-refractivity contribution is 0.102. The number of halogens is 1. The second-order valence-corrected chi connectivity index (χ2v) is 5.52. The van der Waals surface area contributed by atoms with Crippen LogP contribution in [0.5, 0.6) is 0 Å². The van der Waals surface area contributed by atoms with Gasteiger partial charge in [0.15, 0.2) is 0 Å². The van der Waals surface area contributed by atoms with Gasteiger partial charge in [-0.2, -0.15) is 0 Å². The van der Waals surface area contributed by atoms with Crippen molar-refractivity contribution in [2.45, 2.75) is 0 Å². The van der Waals surface area contributed by atoms with Crippen molar-refractivity contribution < 1.29 is 4.79 Å². The average molecular weight is 304 g/mol. The third-order valence-corrected chi connectivity index (χ3v) is 3.93. The van der Waals surface area contributed by atoms with Gasteiger partial charge < -0.3 is 11.1 Å². The molecular formula is C14H10ClN3OS. The maximum absolute atomic E-state index is 12.2. The van der Waals surface area contributed by atoms with Crippen LogP contribution in [-0.2, 0) is 0 Å². The van der Waals surface area contributed by atoms with Crippen LogP contribution >= 0.6 is 22.9 Å². The molecule has 0 aliphatic heterocycles. The molecule has 0 radical (unpaired) electrons. The molecule has 3 rings (SSSR count). The number of hydrogen-bond donors (Lipinski definition) is 2. The average Bonchev–Trinajstić information content (AvgIpc) is 2.85. The number of nitrogens with zero attached hydrogens (tertiary/aromatic N) is 1. The minimum Gasteiger partial charge on any atom is -0.399 e. The molecule has 0 saturated carbocycles. The molecule has 1 heterocycles. The smallest absolute Gasteiger partial charge is 0.257 e. The highest BCUT2D eigenvalue weighted by Crippen LogP contribution is 2.24. The first kappa shape index (κ1) is 12.9. The number of anilines is 2. The van der Waals surface area contributed by atoms with Crippen LogP contribution in [0.4, 0.5) is 11.4 Å². The number of fused-ring (bicyclic) bond motifs is 1. The summed E-state index contributed by atoms with van der Waals surface area (Å²) in [6.45, 7) is 0. The fourth-order valence-electron chi connectivity index (χ4n) is 1.85. The largest absolute Gasteiger partial charge is 0.399 e. The number of nitrogens with one attached hydrogen (secondary N) is 1. The third kappa shape index (κ3) is 2.45. The van der Waals surface area contributed by atoms with E-state index < -0.39 is 0 Å². The van der Waals surface area contributed by atoms with E-state index in [-0.39, 0.29) is 5.91 Å². The number of rotatable bonds is 2. The van der Waals surface area contributed by atoms with Crippen LogP contribution in [0, 0.1) is 0 Å². The van der Waals surface area contributed by atoms with E-state index in [9.17, 15) is 4.79 Å². The van der Waals surface area contributed by atoms with E-state index in [0.717, 1.165) is 10.2 Å². The molecule has 100 valence electrons. The molecule has 0 atom stereocenters. The molecule has 0 spiro atoms. The maximum atomic E-state index is 12.2. The van der Waals surface area contributed by atoms with Crippen LogP contribution < -0.4 is 11.1 Å². The molecule has 0 fully saturated rings. The van der Waals surface area contributed by atoms with Crippen molar-refractivity contribution in [3.8, 4) is 0 Å². The lowest BCUT2D eigenvalue weighted by atomic mass is 10.2. The summed E-state index contributed by atoms with van der Waals surface area (Å²) >= 11 is 7.54. The Kier molecular flexibility index (Phi) is 3.30. The minimum atomic E-state index is -0.265. The topological polar surface area (TPSA) is 68.0 Å². The van der Waals surface area contributed by atoms with Gasteiger partial charge in [0.05, 0.1) is 26.3 Å². The number of hydrogen-bond acceptors (Lipinski definition) is 4. The predicted octanol–water partition coefficient (Wildman–Crippen LogP) is 3.78. The van der Waals surface area contributed by atoms with Crippen molar-refractivity contribution in [1.29, 1.82) is 0 Å². The molecule has 3 aromatic rings. The first-order chi connectivity index (χ1) is 9.63. The highest BCUT2D eigenvalue weighted by molar-refractivity contribution is 7.16. The summed E-state index contributed by atoms with van der Waals surface area (Å²) < 4.78 is 1.02. The van der Waals surface area contributed by atoms with E-state index in [1.165, 1.54) is 11.3 Å². The highest BCUT2D eigenvalue weighted by Gasteiger charge is 2.11. The van der Waals surface area contributed by atoms with E-state index in [2.05, 4.69) is 10.3 Å². The van der Waals surface area contributed by atoms with Gasteiger partial charge in [-0.05, 0) is 36.4 Å². The van der Waals surface area contributed by atoms with Gasteiger partial charge in [0.2, 0.25) is 0 Å². The Morgan fingerprint density at radius 2 is 2.10 bits per heavy atom. The van der Waals surface area contributed by atoms with Crippen LogP contribution in [0.3, 0.4) is 0 Å². The standard InChI is InChI=1S/C14H10ClN3OS/c15-11-5-8(16)1-3-10(11)14(19)18-9-2-4-12-13(6-9)20-7-17-12/h1-7H,16H2,(H,18,19). The summed E-state index contributed by atoms with van der Waals surface area (Å²) in [6.07, 6.45) is 0. The first-order valence-corrected chi connectivity index (χ1v) is 7.09. The van der Waals surface area contributed by atoms with Gasteiger partial charge in [-0.1, -0.05) is 11.6 Å². The molecule has 2 aromatic carbocycles. The molecule has 1 aromatic heterocycles. The summed E-state index contributed by atoms with van der Waals surface area (Å²) in [7, 11) is 0. The quantitative estimate of drug-likeness (QED) is 0.708. The van der Waals surface area contributed by atoms with Crippen molar-refractivity contribution in [1.82, 2.24) is 4.98 Å². The second-order valence-electron chi connectivity index (χ2n) is 4.23. The second kappa shape index (κ2) is 5.11. The number of nitrogens with two attached hydrogens (primary N) is 1. The van der Waals surface area contributed by atoms with Crippen LogP contribution in [0.15, 0.2) is 41.9 Å².